The maximum Gasteiger partial charge on any atom is 0.164 e. The van der Waals surface area contributed by atoms with E-state index >= 15 is 0 Å². The van der Waals surface area contributed by atoms with Crippen LogP contribution in [0.25, 0.3) is 78.4 Å². The van der Waals surface area contributed by atoms with Gasteiger partial charge in [-0.3, -0.25) is 0 Å². The van der Waals surface area contributed by atoms with Crippen molar-refractivity contribution in [3.05, 3.63) is 206 Å². The van der Waals surface area contributed by atoms with E-state index in [-0.39, 0.29) is 0 Å². The molecule has 2 heterocycles. The van der Waals surface area contributed by atoms with Gasteiger partial charge in [0.1, 0.15) is 11.2 Å². The van der Waals surface area contributed by atoms with Crippen molar-refractivity contribution in [2.75, 3.05) is 4.90 Å². The highest BCUT2D eigenvalue weighted by Gasteiger charge is 2.18. The summed E-state index contributed by atoms with van der Waals surface area (Å²) in [5, 5.41) is 2.14. The van der Waals surface area contributed by atoms with Gasteiger partial charge in [-0.2, -0.15) is 0 Å². The van der Waals surface area contributed by atoms with Gasteiger partial charge in [-0.15, -0.1) is 0 Å². The Morgan fingerprint density at radius 2 is 0.768 bits per heavy atom. The molecule has 0 aliphatic heterocycles. The Hall–Kier alpha value is -7.63. The van der Waals surface area contributed by atoms with Crippen LogP contribution in [0.5, 0.6) is 0 Å². The van der Waals surface area contributed by atoms with Crippen LogP contribution in [-0.2, 0) is 0 Å². The summed E-state index contributed by atoms with van der Waals surface area (Å²) in [6.45, 7) is 0. The molecule has 0 aliphatic rings. The summed E-state index contributed by atoms with van der Waals surface area (Å²) in [5.74, 6) is 1.91. The number of rotatable bonds is 8. The Morgan fingerprint density at radius 1 is 0.321 bits per heavy atom. The number of para-hydroxylation sites is 1. The number of hydrogen-bond acceptors (Lipinski definition) is 5. The zero-order valence-electron chi connectivity index (χ0n) is 30.3. The van der Waals surface area contributed by atoms with Gasteiger partial charge in [-0.1, -0.05) is 158 Å². The van der Waals surface area contributed by atoms with Crippen molar-refractivity contribution < 1.29 is 4.42 Å². The van der Waals surface area contributed by atoms with Crippen molar-refractivity contribution in [2.45, 2.75) is 0 Å². The van der Waals surface area contributed by atoms with E-state index in [4.69, 9.17) is 19.4 Å². The van der Waals surface area contributed by atoms with Crippen LogP contribution in [0.3, 0.4) is 0 Å². The van der Waals surface area contributed by atoms with E-state index in [1.54, 1.807) is 0 Å². The van der Waals surface area contributed by atoms with Crippen LogP contribution in [0.4, 0.5) is 17.1 Å². The molecule has 8 aromatic carbocycles. The summed E-state index contributed by atoms with van der Waals surface area (Å²) in [4.78, 5) is 17.0. The van der Waals surface area contributed by atoms with Gasteiger partial charge in [-0.25, -0.2) is 15.0 Å². The largest absolute Gasteiger partial charge is 0.456 e. The first-order valence-electron chi connectivity index (χ1n) is 18.7. The summed E-state index contributed by atoms with van der Waals surface area (Å²) in [6, 6.07) is 71.0. The van der Waals surface area contributed by atoms with Gasteiger partial charge in [0, 0.05) is 50.6 Å². The normalized spacial score (nSPS) is 11.2. The van der Waals surface area contributed by atoms with Gasteiger partial charge in [0.2, 0.25) is 0 Å². The monoisotopic (exact) mass is 718 g/mol. The van der Waals surface area contributed by atoms with Gasteiger partial charge in [-0.05, 0) is 64.7 Å². The topological polar surface area (TPSA) is 55.1 Å². The number of hydrogen-bond donors (Lipinski definition) is 0. The third kappa shape index (κ3) is 6.27. The average Bonchev–Trinajstić information content (AvgIpc) is 3.66. The van der Waals surface area contributed by atoms with Gasteiger partial charge < -0.3 is 9.32 Å². The number of furan rings is 1. The first-order chi connectivity index (χ1) is 27.7. The third-order valence-corrected chi connectivity index (χ3v) is 10.1. The maximum absolute atomic E-state index is 6.60. The predicted molar refractivity (Wildman–Crippen MR) is 229 cm³/mol. The molecule has 0 fully saturated rings. The summed E-state index contributed by atoms with van der Waals surface area (Å²) in [7, 11) is 0. The van der Waals surface area contributed by atoms with Crippen LogP contribution >= 0.6 is 0 Å². The lowest BCUT2D eigenvalue weighted by Gasteiger charge is -2.25. The maximum atomic E-state index is 6.60. The summed E-state index contributed by atoms with van der Waals surface area (Å²) in [6.07, 6.45) is 0. The fourth-order valence-electron chi connectivity index (χ4n) is 7.39. The lowest BCUT2D eigenvalue weighted by Crippen LogP contribution is -2.09. The standard InChI is InChI=1S/C51H34N4O/c1-5-14-35(15-6-1)36-28-30-42(31-29-36)55(41-20-11-4-12-21-41)43-32-33-45-47(34-43)56-46-23-13-22-44(48(45)46)37-24-26-40(27-25-37)51-53-49(38-16-7-2-8-17-38)52-50(54-51)39-18-9-3-10-19-39/h1-34H. The lowest BCUT2D eigenvalue weighted by atomic mass is 9.98. The van der Waals surface area contributed by atoms with Crippen molar-refractivity contribution in [1.82, 2.24) is 15.0 Å². The van der Waals surface area contributed by atoms with Crippen LogP contribution in [0, 0.1) is 0 Å². The zero-order valence-corrected chi connectivity index (χ0v) is 30.3. The molecule has 0 radical (unpaired) electrons. The highest BCUT2D eigenvalue weighted by atomic mass is 16.3. The summed E-state index contributed by atoms with van der Waals surface area (Å²) >= 11 is 0. The number of fused-ring (bicyclic) bond motifs is 3. The van der Waals surface area contributed by atoms with Crippen LogP contribution in [0.2, 0.25) is 0 Å². The van der Waals surface area contributed by atoms with Crippen LogP contribution in [0.1, 0.15) is 0 Å². The SMILES string of the molecule is c1ccc(-c2ccc(N(c3ccccc3)c3ccc4c(c3)oc3cccc(-c5ccc(-c6nc(-c7ccccc7)nc(-c7ccccc7)n6)cc5)c34)cc2)cc1. The molecule has 10 aromatic rings. The van der Waals surface area contributed by atoms with E-state index in [2.05, 4.69) is 132 Å². The number of benzene rings is 8. The Morgan fingerprint density at radius 3 is 1.36 bits per heavy atom. The second-order valence-corrected chi connectivity index (χ2v) is 13.7. The van der Waals surface area contributed by atoms with E-state index in [0.29, 0.717) is 17.5 Å². The first-order valence-corrected chi connectivity index (χ1v) is 18.7. The molecular formula is C51H34N4O. The minimum absolute atomic E-state index is 0.626. The molecule has 0 bridgehead atoms. The molecule has 264 valence electrons. The highest BCUT2D eigenvalue weighted by molar-refractivity contribution is 6.13. The van der Waals surface area contributed by atoms with Crippen molar-refractivity contribution in [1.29, 1.82) is 0 Å². The quantitative estimate of drug-likeness (QED) is 0.157. The van der Waals surface area contributed by atoms with Crippen LogP contribution in [-0.4, -0.2) is 15.0 Å². The molecule has 0 saturated heterocycles. The number of aromatic nitrogens is 3. The predicted octanol–water partition coefficient (Wildman–Crippen LogP) is 13.6. The van der Waals surface area contributed by atoms with Crippen molar-refractivity contribution in [3.8, 4) is 56.4 Å². The highest BCUT2D eigenvalue weighted by Crippen LogP contribution is 2.42. The minimum atomic E-state index is 0.626. The molecule has 0 N–H and O–H groups in total. The van der Waals surface area contributed by atoms with E-state index in [0.717, 1.165) is 66.8 Å². The second kappa shape index (κ2) is 14.3. The van der Waals surface area contributed by atoms with Gasteiger partial charge in [0.25, 0.3) is 0 Å². The zero-order chi connectivity index (χ0) is 37.3. The van der Waals surface area contributed by atoms with Gasteiger partial charge in [0.05, 0.1) is 0 Å². The van der Waals surface area contributed by atoms with Gasteiger partial charge in [0.15, 0.2) is 17.5 Å². The first kappa shape index (κ1) is 33.0. The molecular weight excluding hydrogens is 685 g/mol. The molecule has 5 nitrogen and oxygen atoms in total. The molecule has 0 spiro atoms. The molecule has 0 amide bonds. The fourth-order valence-corrected chi connectivity index (χ4v) is 7.39. The van der Waals surface area contributed by atoms with Crippen LogP contribution < -0.4 is 4.90 Å². The molecule has 5 heteroatoms. The molecule has 10 rings (SSSR count). The lowest BCUT2D eigenvalue weighted by molar-refractivity contribution is 0.669. The number of nitrogens with zero attached hydrogens (tertiary/aromatic N) is 4. The summed E-state index contributed by atoms with van der Waals surface area (Å²) < 4.78 is 6.60. The average molecular weight is 719 g/mol. The summed E-state index contributed by atoms with van der Waals surface area (Å²) in [5.41, 5.74) is 12.2. The molecule has 0 aliphatic carbocycles. The molecule has 56 heavy (non-hydrogen) atoms. The molecule has 0 unspecified atom stereocenters. The second-order valence-electron chi connectivity index (χ2n) is 13.7. The van der Waals surface area contributed by atoms with E-state index in [9.17, 15) is 0 Å². The Bertz CT molecular complexity index is 2870. The fraction of sp³-hybridized carbons (Fsp3) is 0. The van der Waals surface area contributed by atoms with E-state index in [1.807, 2.05) is 78.9 Å². The minimum Gasteiger partial charge on any atom is -0.456 e. The van der Waals surface area contributed by atoms with E-state index < -0.39 is 0 Å². The Labute approximate surface area is 324 Å². The molecule has 0 saturated carbocycles. The Kier molecular flexibility index (Phi) is 8.43. The molecule has 2 aromatic heterocycles. The molecule has 0 atom stereocenters. The van der Waals surface area contributed by atoms with Gasteiger partial charge >= 0.3 is 0 Å². The Balaban J connectivity index is 1.02. The smallest absolute Gasteiger partial charge is 0.164 e. The third-order valence-electron chi connectivity index (χ3n) is 10.1. The number of anilines is 3. The van der Waals surface area contributed by atoms with Crippen LogP contribution in [0.15, 0.2) is 211 Å². The van der Waals surface area contributed by atoms with Crippen molar-refractivity contribution in [3.63, 3.8) is 0 Å². The van der Waals surface area contributed by atoms with Crippen molar-refractivity contribution >= 4 is 39.0 Å². The van der Waals surface area contributed by atoms with E-state index in [1.165, 1.54) is 11.1 Å². The van der Waals surface area contributed by atoms with Crippen molar-refractivity contribution in [2.24, 2.45) is 0 Å².